The van der Waals surface area contributed by atoms with Crippen LogP contribution in [0.4, 0.5) is 21.5 Å². The zero-order valence-electron chi connectivity index (χ0n) is 31.0. The van der Waals surface area contributed by atoms with Crippen molar-refractivity contribution in [1.82, 2.24) is 4.57 Å². The average Bonchev–Trinajstić information content (AvgIpc) is 3.60. The summed E-state index contributed by atoms with van der Waals surface area (Å²) >= 11 is 0. The fourth-order valence-electron chi connectivity index (χ4n) is 8.58. The quantitative estimate of drug-likeness (QED) is 0.155. The van der Waals surface area contributed by atoms with Crippen molar-refractivity contribution in [3.8, 4) is 27.9 Å². The lowest BCUT2D eigenvalue weighted by atomic mass is 9.94. The van der Waals surface area contributed by atoms with Crippen molar-refractivity contribution in [2.45, 2.75) is 0 Å². The molecule has 0 fully saturated rings. The summed E-state index contributed by atoms with van der Waals surface area (Å²) in [5.74, 6) is -0.248. The van der Waals surface area contributed by atoms with Gasteiger partial charge in [0.25, 0.3) is 0 Å². The summed E-state index contributed by atoms with van der Waals surface area (Å²) in [6.07, 6.45) is 0. The molecule has 0 spiro atoms. The molecular formula is C54H35FN2. The van der Waals surface area contributed by atoms with E-state index in [1.807, 2.05) is 30.3 Å². The zero-order chi connectivity index (χ0) is 37.9. The number of hydrogen-bond donors (Lipinski definition) is 0. The SMILES string of the molecule is Fc1ccc(N(c2ccccc2)c2ccc(-c3ccc4cc(-c5ccc6c(ccc7cc8c(cc76)c6ccccc6n8-c6ccccc6)c5)ccc4c3)cc2)cc1. The van der Waals surface area contributed by atoms with Gasteiger partial charge in [0.2, 0.25) is 0 Å². The van der Waals surface area contributed by atoms with Crippen LogP contribution in [0.3, 0.4) is 0 Å². The van der Waals surface area contributed by atoms with Gasteiger partial charge in [-0.2, -0.15) is 0 Å². The van der Waals surface area contributed by atoms with E-state index in [4.69, 9.17) is 0 Å². The van der Waals surface area contributed by atoms with E-state index in [1.54, 1.807) is 0 Å². The van der Waals surface area contributed by atoms with E-state index in [9.17, 15) is 4.39 Å². The van der Waals surface area contributed by atoms with Crippen molar-refractivity contribution in [2.24, 2.45) is 0 Å². The number of benzene rings is 10. The molecule has 0 unspecified atom stereocenters. The summed E-state index contributed by atoms with van der Waals surface area (Å²) in [5.41, 5.74) is 11.2. The lowest BCUT2D eigenvalue weighted by Crippen LogP contribution is -2.09. The molecule has 3 heteroatoms. The molecule has 2 nitrogen and oxygen atoms in total. The highest BCUT2D eigenvalue weighted by atomic mass is 19.1. The maximum atomic E-state index is 13.8. The number of anilines is 3. The van der Waals surface area contributed by atoms with E-state index < -0.39 is 0 Å². The Balaban J connectivity index is 0.917. The van der Waals surface area contributed by atoms with Gasteiger partial charge in [0.1, 0.15) is 5.82 Å². The van der Waals surface area contributed by atoms with Gasteiger partial charge in [-0.3, -0.25) is 0 Å². The molecule has 268 valence electrons. The molecule has 0 aliphatic rings. The normalized spacial score (nSPS) is 11.6. The maximum absolute atomic E-state index is 13.8. The summed E-state index contributed by atoms with van der Waals surface area (Å²) in [6.45, 7) is 0. The number of rotatable bonds is 6. The van der Waals surface area contributed by atoms with Crippen LogP contribution in [0.5, 0.6) is 0 Å². The van der Waals surface area contributed by atoms with Gasteiger partial charge < -0.3 is 9.47 Å². The largest absolute Gasteiger partial charge is 0.311 e. The minimum Gasteiger partial charge on any atom is -0.311 e. The molecule has 0 radical (unpaired) electrons. The Morgan fingerprint density at radius 3 is 1.53 bits per heavy atom. The van der Waals surface area contributed by atoms with E-state index in [0.717, 1.165) is 28.2 Å². The fourth-order valence-corrected chi connectivity index (χ4v) is 8.58. The zero-order valence-corrected chi connectivity index (χ0v) is 31.0. The van der Waals surface area contributed by atoms with E-state index in [0.29, 0.717) is 0 Å². The molecule has 1 heterocycles. The minimum atomic E-state index is -0.248. The van der Waals surface area contributed by atoms with Gasteiger partial charge in [0, 0.05) is 33.5 Å². The molecule has 11 aromatic rings. The van der Waals surface area contributed by atoms with Crippen LogP contribution < -0.4 is 4.90 Å². The van der Waals surface area contributed by atoms with Crippen molar-refractivity contribution >= 4 is 71.2 Å². The van der Waals surface area contributed by atoms with Crippen molar-refractivity contribution in [2.75, 3.05) is 4.90 Å². The summed E-state index contributed by atoms with van der Waals surface area (Å²) in [7, 11) is 0. The monoisotopic (exact) mass is 730 g/mol. The first-order valence-corrected chi connectivity index (χ1v) is 19.4. The first-order chi connectivity index (χ1) is 28.1. The molecule has 0 saturated carbocycles. The number of halogens is 1. The number of aromatic nitrogens is 1. The van der Waals surface area contributed by atoms with Crippen molar-refractivity contribution in [3.05, 3.63) is 218 Å². The first-order valence-electron chi connectivity index (χ1n) is 19.4. The Bertz CT molecular complexity index is 3280. The summed E-state index contributed by atoms with van der Waals surface area (Å²) < 4.78 is 16.2. The molecule has 57 heavy (non-hydrogen) atoms. The Hall–Kier alpha value is -7.49. The van der Waals surface area contributed by atoms with E-state index in [1.165, 1.54) is 83.1 Å². The molecule has 0 atom stereocenters. The minimum absolute atomic E-state index is 0.248. The topological polar surface area (TPSA) is 8.17 Å². The number of para-hydroxylation sites is 3. The van der Waals surface area contributed by atoms with E-state index in [2.05, 4.69) is 179 Å². The molecule has 0 saturated heterocycles. The standard InChI is InChI=1S/C54H35FN2/c55-44-24-28-48(29-25-44)56(45-9-3-1-4-10-45)47-26-21-36(22-27-47)37-15-16-39-32-40(18-17-38(39)31-37)41-23-30-49-42(33-41)19-20-43-34-54-52(35-51(43)49)50-13-7-8-14-53(50)57(54)46-11-5-2-6-12-46/h1-35H. The van der Waals surface area contributed by atoms with Crippen LogP contribution in [0.2, 0.25) is 0 Å². The van der Waals surface area contributed by atoms with E-state index in [-0.39, 0.29) is 5.82 Å². The highest BCUT2D eigenvalue weighted by Crippen LogP contribution is 2.39. The summed E-state index contributed by atoms with van der Waals surface area (Å²) in [6, 6.07) is 74.4. The van der Waals surface area contributed by atoms with Crippen LogP contribution in [0.1, 0.15) is 0 Å². The summed E-state index contributed by atoms with van der Waals surface area (Å²) in [5, 5.41) is 9.93. The van der Waals surface area contributed by atoms with Crippen LogP contribution >= 0.6 is 0 Å². The molecule has 0 aliphatic carbocycles. The second kappa shape index (κ2) is 13.4. The first kappa shape index (κ1) is 32.9. The van der Waals surface area contributed by atoms with Gasteiger partial charge >= 0.3 is 0 Å². The van der Waals surface area contributed by atoms with Gasteiger partial charge in [-0.05, 0) is 152 Å². The lowest BCUT2D eigenvalue weighted by molar-refractivity contribution is 0.628. The Morgan fingerprint density at radius 2 is 0.825 bits per heavy atom. The second-order valence-electron chi connectivity index (χ2n) is 14.8. The third-order valence-electron chi connectivity index (χ3n) is 11.4. The van der Waals surface area contributed by atoms with Gasteiger partial charge in [-0.15, -0.1) is 0 Å². The molecule has 0 amide bonds. The second-order valence-corrected chi connectivity index (χ2v) is 14.8. The predicted molar refractivity (Wildman–Crippen MR) is 239 cm³/mol. The van der Waals surface area contributed by atoms with Crippen LogP contribution in [-0.4, -0.2) is 4.57 Å². The highest BCUT2D eigenvalue weighted by Gasteiger charge is 2.16. The predicted octanol–water partition coefficient (Wildman–Crippen LogP) is 15.2. The summed E-state index contributed by atoms with van der Waals surface area (Å²) in [4.78, 5) is 2.14. The van der Waals surface area contributed by atoms with Crippen LogP contribution in [0.25, 0.3) is 82.1 Å². The fraction of sp³-hybridized carbons (Fsp3) is 0. The van der Waals surface area contributed by atoms with Gasteiger partial charge in [-0.25, -0.2) is 4.39 Å². The Morgan fingerprint density at radius 1 is 0.316 bits per heavy atom. The van der Waals surface area contributed by atoms with Crippen molar-refractivity contribution < 1.29 is 4.39 Å². The average molecular weight is 731 g/mol. The third-order valence-corrected chi connectivity index (χ3v) is 11.4. The maximum Gasteiger partial charge on any atom is 0.123 e. The van der Waals surface area contributed by atoms with Gasteiger partial charge in [-0.1, -0.05) is 115 Å². The molecular weight excluding hydrogens is 696 g/mol. The molecule has 0 aliphatic heterocycles. The molecule has 0 N–H and O–H groups in total. The van der Waals surface area contributed by atoms with Gasteiger partial charge in [0.15, 0.2) is 0 Å². The van der Waals surface area contributed by atoms with Crippen LogP contribution in [0.15, 0.2) is 212 Å². The number of nitrogens with zero attached hydrogens (tertiary/aromatic N) is 2. The Labute approximate surface area is 329 Å². The van der Waals surface area contributed by atoms with Crippen molar-refractivity contribution in [1.29, 1.82) is 0 Å². The highest BCUT2D eigenvalue weighted by molar-refractivity contribution is 6.18. The molecule has 0 bridgehead atoms. The van der Waals surface area contributed by atoms with E-state index >= 15 is 0 Å². The molecule has 11 rings (SSSR count). The van der Waals surface area contributed by atoms with Gasteiger partial charge in [0.05, 0.1) is 11.0 Å². The molecule has 1 aromatic heterocycles. The smallest absolute Gasteiger partial charge is 0.123 e. The number of hydrogen-bond acceptors (Lipinski definition) is 1. The van der Waals surface area contributed by atoms with Crippen LogP contribution in [-0.2, 0) is 0 Å². The third kappa shape index (κ3) is 5.71. The Kier molecular flexibility index (Phi) is 7.71. The molecule has 10 aromatic carbocycles. The van der Waals surface area contributed by atoms with Crippen molar-refractivity contribution in [3.63, 3.8) is 0 Å². The number of fused-ring (bicyclic) bond motifs is 7. The van der Waals surface area contributed by atoms with Crippen LogP contribution in [0, 0.1) is 5.82 Å². The lowest BCUT2D eigenvalue weighted by Gasteiger charge is -2.25.